The van der Waals surface area contributed by atoms with Gasteiger partial charge in [0.25, 0.3) is 0 Å². The first kappa shape index (κ1) is 19.2. The third-order valence-corrected chi connectivity index (χ3v) is 4.98. The highest BCUT2D eigenvalue weighted by atomic mass is 35.5. The van der Waals surface area contributed by atoms with Crippen LogP contribution in [0.3, 0.4) is 0 Å². The van der Waals surface area contributed by atoms with Crippen LogP contribution in [0.1, 0.15) is 24.1 Å². The third-order valence-electron chi connectivity index (χ3n) is 4.73. The monoisotopic (exact) mass is 388 g/mol. The second-order valence-corrected chi connectivity index (χ2v) is 6.82. The Bertz CT molecular complexity index is 854. The molecule has 0 saturated carbocycles. The van der Waals surface area contributed by atoms with Crippen molar-refractivity contribution in [1.29, 1.82) is 0 Å². The van der Waals surface area contributed by atoms with Crippen molar-refractivity contribution in [2.45, 2.75) is 19.0 Å². The fourth-order valence-electron chi connectivity index (χ4n) is 3.20. The van der Waals surface area contributed by atoms with Gasteiger partial charge in [0, 0.05) is 16.3 Å². The van der Waals surface area contributed by atoms with E-state index in [0.29, 0.717) is 16.5 Å². The van der Waals surface area contributed by atoms with Crippen molar-refractivity contribution < 1.29 is 19.1 Å². The van der Waals surface area contributed by atoms with Gasteiger partial charge in [-0.05, 0) is 42.8 Å². The van der Waals surface area contributed by atoms with Gasteiger partial charge in [-0.25, -0.2) is 0 Å². The molecule has 6 nitrogen and oxygen atoms in total. The zero-order valence-electron chi connectivity index (χ0n) is 15.3. The number of halogens is 1. The van der Waals surface area contributed by atoms with Crippen molar-refractivity contribution in [1.82, 2.24) is 5.32 Å². The first-order valence-electron chi connectivity index (χ1n) is 8.52. The Morgan fingerprint density at radius 3 is 2.48 bits per heavy atom. The summed E-state index contributed by atoms with van der Waals surface area (Å²) in [4.78, 5) is 24.8. The zero-order chi connectivity index (χ0) is 19.6. The summed E-state index contributed by atoms with van der Waals surface area (Å²) in [7, 11) is 2.90. The van der Waals surface area contributed by atoms with Gasteiger partial charge in [-0.3, -0.25) is 14.9 Å². The standard InChI is InChI=1S/C20H21ClN2O4/c1-11(20(25)27-3)17-19(24)22-16-9-8-14(26-2)10-15(16)18(23-17)12-4-6-13(21)7-5-12/h4-11,17-18,23H,1-3H3,(H,22,24)/t11-,17+,18?/m1/s1. The number of anilines is 1. The Balaban J connectivity index is 2.09. The molecule has 1 unspecified atom stereocenters. The molecular weight excluding hydrogens is 368 g/mol. The second kappa shape index (κ2) is 7.98. The summed E-state index contributed by atoms with van der Waals surface area (Å²) >= 11 is 6.03. The molecule has 7 heteroatoms. The largest absolute Gasteiger partial charge is 0.497 e. The van der Waals surface area contributed by atoms with Gasteiger partial charge >= 0.3 is 5.97 Å². The van der Waals surface area contributed by atoms with Crippen molar-refractivity contribution in [3.05, 3.63) is 58.6 Å². The molecule has 0 radical (unpaired) electrons. The lowest BCUT2D eigenvalue weighted by Gasteiger charge is -2.25. The smallest absolute Gasteiger partial charge is 0.310 e. The number of methoxy groups -OCH3 is 2. The molecule has 1 aliphatic rings. The van der Waals surface area contributed by atoms with E-state index in [9.17, 15) is 9.59 Å². The fraction of sp³-hybridized carbons (Fsp3) is 0.300. The number of esters is 1. The summed E-state index contributed by atoms with van der Waals surface area (Å²) in [5.74, 6) is -0.749. The molecule has 3 atom stereocenters. The maximum absolute atomic E-state index is 12.8. The lowest BCUT2D eigenvalue weighted by Crippen LogP contribution is -2.47. The highest BCUT2D eigenvalue weighted by Crippen LogP contribution is 2.35. The zero-order valence-corrected chi connectivity index (χ0v) is 16.0. The number of fused-ring (bicyclic) bond motifs is 1. The average molecular weight is 389 g/mol. The molecule has 1 aliphatic heterocycles. The summed E-state index contributed by atoms with van der Waals surface area (Å²) in [6, 6.07) is 11.7. The van der Waals surface area contributed by atoms with Gasteiger partial charge in [-0.2, -0.15) is 0 Å². The number of hydrogen-bond donors (Lipinski definition) is 2. The van der Waals surface area contributed by atoms with E-state index in [1.807, 2.05) is 18.2 Å². The molecule has 2 N–H and O–H groups in total. The molecule has 142 valence electrons. The highest BCUT2D eigenvalue weighted by molar-refractivity contribution is 6.30. The lowest BCUT2D eigenvalue weighted by molar-refractivity contribution is -0.147. The number of nitrogens with one attached hydrogen (secondary N) is 2. The quantitative estimate of drug-likeness (QED) is 0.787. The minimum atomic E-state index is -0.767. The number of carbonyl (C=O) groups is 2. The minimum Gasteiger partial charge on any atom is -0.497 e. The van der Waals surface area contributed by atoms with E-state index in [4.69, 9.17) is 21.1 Å². The van der Waals surface area contributed by atoms with Crippen molar-refractivity contribution >= 4 is 29.2 Å². The predicted octanol–water partition coefficient (Wildman–Crippen LogP) is 3.16. The fourth-order valence-corrected chi connectivity index (χ4v) is 3.33. The first-order chi connectivity index (χ1) is 12.9. The van der Waals surface area contributed by atoms with Crippen LogP contribution in [0.2, 0.25) is 5.02 Å². The van der Waals surface area contributed by atoms with Gasteiger partial charge in [0.1, 0.15) is 11.8 Å². The van der Waals surface area contributed by atoms with E-state index in [2.05, 4.69) is 10.6 Å². The SMILES string of the molecule is COC(=O)[C@H](C)[C@@H]1NC(c2ccc(Cl)cc2)c2cc(OC)ccc2NC1=O. The number of ether oxygens (including phenoxy) is 2. The first-order valence-corrected chi connectivity index (χ1v) is 8.90. The van der Waals surface area contributed by atoms with E-state index in [0.717, 1.165) is 11.1 Å². The van der Waals surface area contributed by atoms with Gasteiger partial charge in [-0.1, -0.05) is 23.7 Å². The van der Waals surface area contributed by atoms with Crippen molar-refractivity contribution in [3.63, 3.8) is 0 Å². The molecule has 1 amide bonds. The molecule has 0 aromatic heterocycles. The molecule has 0 saturated heterocycles. The molecule has 3 rings (SSSR count). The second-order valence-electron chi connectivity index (χ2n) is 6.38. The molecular formula is C20H21ClN2O4. The molecule has 2 aromatic rings. The van der Waals surface area contributed by atoms with Crippen LogP contribution in [-0.2, 0) is 14.3 Å². The third kappa shape index (κ3) is 3.91. The van der Waals surface area contributed by atoms with Crippen LogP contribution < -0.4 is 15.4 Å². The Morgan fingerprint density at radius 2 is 1.85 bits per heavy atom. The van der Waals surface area contributed by atoms with E-state index < -0.39 is 17.9 Å². The van der Waals surface area contributed by atoms with Gasteiger partial charge in [0.2, 0.25) is 5.91 Å². The molecule has 1 heterocycles. The maximum atomic E-state index is 12.8. The normalized spacial score (nSPS) is 20.1. The van der Waals surface area contributed by atoms with Crippen LogP contribution in [0, 0.1) is 5.92 Å². The predicted molar refractivity (Wildman–Crippen MR) is 103 cm³/mol. The van der Waals surface area contributed by atoms with Crippen LogP contribution in [0.4, 0.5) is 5.69 Å². The van der Waals surface area contributed by atoms with E-state index in [1.165, 1.54) is 7.11 Å². The number of hydrogen-bond acceptors (Lipinski definition) is 5. The molecule has 0 aliphatic carbocycles. The molecule has 2 aromatic carbocycles. The number of benzene rings is 2. The molecule has 0 bridgehead atoms. The number of carbonyl (C=O) groups excluding carboxylic acids is 2. The maximum Gasteiger partial charge on any atom is 0.310 e. The van der Waals surface area contributed by atoms with Crippen LogP contribution in [-0.4, -0.2) is 32.1 Å². The summed E-state index contributed by atoms with van der Waals surface area (Å²) < 4.78 is 10.2. The van der Waals surface area contributed by atoms with Gasteiger partial charge in [0.15, 0.2) is 0 Å². The molecule has 0 fully saturated rings. The minimum absolute atomic E-state index is 0.296. The van der Waals surface area contributed by atoms with E-state index in [-0.39, 0.29) is 11.9 Å². The summed E-state index contributed by atoms with van der Waals surface area (Å²) in [6.07, 6.45) is 0. The van der Waals surface area contributed by atoms with Crippen LogP contribution in [0.25, 0.3) is 0 Å². The summed E-state index contributed by atoms with van der Waals surface area (Å²) in [5.41, 5.74) is 2.41. The van der Waals surface area contributed by atoms with Crippen molar-refractivity contribution in [2.24, 2.45) is 5.92 Å². The van der Waals surface area contributed by atoms with Crippen molar-refractivity contribution in [3.8, 4) is 5.75 Å². The van der Waals surface area contributed by atoms with Gasteiger partial charge < -0.3 is 14.8 Å². The number of rotatable bonds is 4. The Hall–Kier alpha value is -2.57. The van der Waals surface area contributed by atoms with E-state index >= 15 is 0 Å². The lowest BCUT2D eigenvalue weighted by atomic mass is 9.95. The van der Waals surface area contributed by atoms with Gasteiger partial charge in [-0.15, -0.1) is 0 Å². The topological polar surface area (TPSA) is 76.7 Å². The number of amides is 1. The highest BCUT2D eigenvalue weighted by Gasteiger charge is 2.37. The van der Waals surface area contributed by atoms with Crippen LogP contribution in [0.15, 0.2) is 42.5 Å². The Labute approximate surface area is 162 Å². The van der Waals surface area contributed by atoms with Crippen LogP contribution >= 0.6 is 11.6 Å². The Morgan fingerprint density at radius 1 is 1.15 bits per heavy atom. The summed E-state index contributed by atoms with van der Waals surface area (Å²) in [6.45, 7) is 1.67. The van der Waals surface area contributed by atoms with Gasteiger partial charge in [0.05, 0.1) is 26.2 Å². The van der Waals surface area contributed by atoms with Crippen LogP contribution in [0.5, 0.6) is 5.75 Å². The van der Waals surface area contributed by atoms with E-state index in [1.54, 1.807) is 38.3 Å². The molecule has 0 spiro atoms. The average Bonchev–Trinajstić information content (AvgIpc) is 2.83. The Kier molecular flexibility index (Phi) is 5.68. The van der Waals surface area contributed by atoms with Crippen molar-refractivity contribution in [2.75, 3.05) is 19.5 Å². The molecule has 27 heavy (non-hydrogen) atoms. The summed E-state index contributed by atoms with van der Waals surface area (Å²) in [5, 5.41) is 6.83.